The van der Waals surface area contributed by atoms with E-state index in [2.05, 4.69) is 0 Å². The summed E-state index contributed by atoms with van der Waals surface area (Å²) < 4.78 is 10.6. The predicted molar refractivity (Wildman–Crippen MR) is 83.4 cm³/mol. The number of likely N-dealkylation sites (tertiary alicyclic amines) is 1. The van der Waals surface area contributed by atoms with Crippen molar-refractivity contribution in [2.75, 3.05) is 19.7 Å². The average molecular weight is 311 g/mol. The van der Waals surface area contributed by atoms with Crippen LogP contribution in [0.25, 0.3) is 0 Å². The molecule has 0 radical (unpaired) electrons. The van der Waals surface area contributed by atoms with E-state index in [1.54, 1.807) is 0 Å². The molecule has 1 saturated carbocycles. The second-order valence-corrected chi connectivity index (χ2v) is 7.68. The Balaban J connectivity index is 1.86. The molecule has 1 amide bonds. The zero-order chi connectivity index (χ0) is 16.4. The first-order chi connectivity index (χ1) is 10.2. The third kappa shape index (κ3) is 4.14. The minimum atomic E-state index is -0.450. The Labute approximate surface area is 133 Å². The van der Waals surface area contributed by atoms with Gasteiger partial charge in [0.25, 0.3) is 0 Å². The maximum absolute atomic E-state index is 12.2. The summed E-state index contributed by atoms with van der Waals surface area (Å²) in [5.41, 5.74) is -0.270. The number of hydrogen-bond acceptors (Lipinski definition) is 4. The fourth-order valence-electron chi connectivity index (χ4n) is 3.55. The van der Waals surface area contributed by atoms with Crippen molar-refractivity contribution in [2.24, 2.45) is 11.3 Å². The van der Waals surface area contributed by atoms with Gasteiger partial charge < -0.3 is 14.4 Å². The van der Waals surface area contributed by atoms with Crippen LogP contribution in [0.1, 0.15) is 59.8 Å². The van der Waals surface area contributed by atoms with Crippen molar-refractivity contribution >= 4 is 12.1 Å². The van der Waals surface area contributed by atoms with Crippen LogP contribution in [0.5, 0.6) is 0 Å². The van der Waals surface area contributed by atoms with Crippen LogP contribution in [-0.4, -0.2) is 42.3 Å². The number of amides is 1. The van der Waals surface area contributed by atoms with Gasteiger partial charge in [0.2, 0.25) is 0 Å². The maximum atomic E-state index is 12.2. The van der Waals surface area contributed by atoms with E-state index in [1.165, 1.54) is 0 Å². The summed E-state index contributed by atoms with van der Waals surface area (Å²) in [4.78, 5) is 25.8. The lowest BCUT2D eigenvalue weighted by molar-refractivity contribution is -0.150. The molecule has 0 unspecified atom stereocenters. The Bertz CT molecular complexity index is 419. The normalized spacial score (nSPS) is 28.7. The third-order valence-corrected chi connectivity index (χ3v) is 4.76. The predicted octanol–water partition coefficient (Wildman–Crippen LogP) is 3.37. The highest BCUT2D eigenvalue weighted by Gasteiger charge is 2.44. The molecule has 1 spiro atoms. The molecular weight excluding hydrogens is 282 g/mol. The first-order valence-electron chi connectivity index (χ1n) is 8.39. The first-order valence-corrected chi connectivity index (χ1v) is 8.39. The zero-order valence-corrected chi connectivity index (χ0v) is 14.3. The number of nitrogens with zero attached hydrogens (tertiary/aromatic N) is 1. The van der Waals surface area contributed by atoms with Gasteiger partial charge in [-0.2, -0.15) is 0 Å². The number of carbonyl (C=O) groups excluding carboxylic acids is 2. The maximum Gasteiger partial charge on any atom is 0.410 e. The molecule has 5 nitrogen and oxygen atoms in total. The fraction of sp³-hybridized carbons (Fsp3) is 0.882. The van der Waals surface area contributed by atoms with Crippen molar-refractivity contribution in [1.82, 2.24) is 4.90 Å². The van der Waals surface area contributed by atoms with Crippen molar-refractivity contribution < 1.29 is 19.1 Å². The third-order valence-electron chi connectivity index (χ3n) is 4.76. The van der Waals surface area contributed by atoms with Crippen LogP contribution in [-0.2, 0) is 14.3 Å². The Morgan fingerprint density at radius 3 is 2.36 bits per heavy atom. The monoisotopic (exact) mass is 311 g/mol. The molecule has 126 valence electrons. The SMILES string of the molecule is CCOC(=O)C1CCC2(CC1)CCN(C(=O)OC(C)(C)C)C2. The van der Waals surface area contributed by atoms with Crippen molar-refractivity contribution in [3.63, 3.8) is 0 Å². The van der Waals surface area contributed by atoms with Gasteiger partial charge in [-0.25, -0.2) is 4.79 Å². The topological polar surface area (TPSA) is 55.8 Å². The molecule has 0 atom stereocenters. The summed E-state index contributed by atoms with van der Waals surface area (Å²) >= 11 is 0. The van der Waals surface area contributed by atoms with Gasteiger partial charge in [-0.05, 0) is 65.2 Å². The number of esters is 1. The standard InChI is InChI=1S/C17H29NO4/c1-5-21-14(19)13-6-8-17(9-7-13)10-11-18(12-17)15(20)22-16(2,3)4/h13H,5-12H2,1-4H3. The molecule has 0 aromatic carbocycles. The van der Waals surface area contributed by atoms with E-state index in [4.69, 9.17) is 9.47 Å². The Hall–Kier alpha value is -1.26. The summed E-state index contributed by atoms with van der Waals surface area (Å²) in [5.74, 6) is -0.0134. The molecule has 0 aromatic rings. The van der Waals surface area contributed by atoms with E-state index in [1.807, 2.05) is 32.6 Å². The molecule has 0 N–H and O–H groups in total. The summed E-state index contributed by atoms with van der Waals surface area (Å²) in [6.07, 6.45) is 4.55. The number of ether oxygens (including phenoxy) is 2. The molecule has 1 aliphatic heterocycles. The molecule has 2 aliphatic rings. The zero-order valence-electron chi connectivity index (χ0n) is 14.3. The average Bonchev–Trinajstić information content (AvgIpc) is 2.82. The quantitative estimate of drug-likeness (QED) is 0.734. The van der Waals surface area contributed by atoms with E-state index in [0.29, 0.717) is 6.61 Å². The van der Waals surface area contributed by atoms with Crippen LogP contribution in [0.15, 0.2) is 0 Å². The highest BCUT2D eigenvalue weighted by atomic mass is 16.6. The van der Waals surface area contributed by atoms with Gasteiger partial charge in [-0.3, -0.25) is 4.79 Å². The van der Waals surface area contributed by atoms with Crippen molar-refractivity contribution in [3.8, 4) is 0 Å². The Kier molecular flexibility index (Phi) is 5.03. The number of rotatable bonds is 2. The van der Waals surface area contributed by atoms with Crippen LogP contribution >= 0.6 is 0 Å². The molecule has 1 aliphatic carbocycles. The molecular formula is C17H29NO4. The number of hydrogen-bond donors (Lipinski definition) is 0. The number of carbonyl (C=O) groups is 2. The van der Waals surface area contributed by atoms with Gasteiger partial charge >= 0.3 is 12.1 Å². The van der Waals surface area contributed by atoms with E-state index in [-0.39, 0.29) is 23.4 Å². The lowest BCUT2D eigenvalue weighted by atomic mass is 9.70. The highest BCUT2D eigenvalue weighted by molar-refractivity contribution is 5.72. The first kappa shape index (κ1) is 17.1. The minimum absolute atomic E-state index is 0.0427. The van der Waals surface area contributed by atoms with Gasteiger partial charge in [-0.1, -0.05) is 0 Å². The molecule has 0 aromatic heterocycles. The van der Waals surface area contributed by atoms with E-state index in [0.717, 1.165) is 45.2 Å². The van der Waals surface area contributed by atoms with Crippen LogP contribution in [0, 0.1) is 11.3 Å². The van der Waals surface area contributed by atoms with Crippen LogP contribution in [0.4, 0.5) is 4.79 Å². The molecule has 2 fully saturated rings. The van der Waals surface area contributed by atoms with Gasteiger partial charge in [-0.15, -0.1) is 0 Å². The van der Waals surface area contributed by atoms with E-state index < -0.39 is 5.60 Å². The van der Waals surface area contributed by atoms with Crippen molar-refractivity contribution in [2.45, 2.75) is 65.4 Å². The van der Waals surface area contributed by atoms with Crippen LogP contribution in [0.2, 0.25) is 0 Å². The van der Waals surface area contributed by atoms with E-state index in [9.17, 15) is 9.59 Å². The van der Waals surface area contributed by atoms with Gasteiger partial charge in [0, 0.05) is 13.1 Å². The van der Waals surface area contributed by atoms with Crippen molar-refractivity contribution in [3.05, 3.63) is 0 Å². The molecule has 1 saturated heterocycles. The molecule has 1 heterocycles. The van der Waals surface area contributed by atoms with Crippen LogP contribution < -0.4 is 0 Å². The molecule has 22 heavy (non-hydrogen) atoms. The summed E-state index contributed by atoms with van der Waals surface area (Å²) in [7, 11) is 0. The minimum Gasteiger partial charge on any atom is -0.466 e. The van der Waals surface area contributed by atoms with E-state index >= 15 is 0 Å². The molecule has 5 heteroatoms. The van der Waals surface area contributed by atoms with Crippen molar-refractivity contribution in [1.29, 1.82) is 0 Å². The smallest absolute Gasteiger partial charge is 0.410 e. The molecule has 0 bridgehead atoms. The second kappa shape index (κ2) is 6.47. The molecule has 2 rings (SSSR count). The lowest BCUT2D eigenvalue weighted by Gasteiger charge is -2.36. The summed E-state index contributed by atoms with van der Waals surface area (Å²) in [5, 5.41) is 0. The second-order valence-electron chi connectivity index (χ2n) is 7.68. The summed E-state index contributed by atoms with van der Waals surface area (Å²) in [6.45, 7) is 9.49. The van der Waals surface area contributed by atoms with Gasteiger partial charge in [0.05, 0.1) is 12.5 Å². The highest BCUT2D eigenvalue weighted by Crippen LogP contribution is 2.46. The Morgan fingerprint density at radius 1 is 1.18 bits per heavy atom. The fourth-order valence-corrected chi connectivity index (χ4v) is 3.55. The van der Waals surface area contributed by atoms with Gasteiger partial charge in [0.1, 0.15) is 5.60 Å². The lowest BCUT2D eigenvalue weighted by Crippen LogP contribution is -2.38. The summed E-state index contributed by atoms with van der Waals surface area (Å²) in [6, 6.07) is 0. The Morgan fingerprint density at radius 2 is 1.82 bits per heavy atom. The van der Waals surface area contributed by atoms with Gasteiger partial charge in [0.15, 0.2) is 0 Å². The van der Waals surface area contributed by atoms with Crippen LogP contribution in [0.3, 0.4) is 0 Å². The largest absolute Gasteiger partial charge is 0.466 e.